The van der Waals surface area contributed by atoms with Crippen LogP contribution in [-0.4, -0.2) is 48.0 Å². The first-order valence-electron chi connectivity index (χ1n) is 10.4. The lowest BCUT2D eigenvalue weighted by Crippen LogP contribution is -2.60. The summed E-state index contributed by atoms with van der Waals surface area (Å²) in [7, 11) is 0. The van der Waals surface area contributed by atoms with Gasteiger partial charge in [0.05, 0.1) is 6.20 Å². The molecule has 0 spiro atoms. The fourth-order valence-electron chi connectivity index (χ4n) is 3.71. The number of aromatic nitrogens is 1. The molecule has 2 heterocycles. The van der Waals surface area contributed by atoms with E-state index in [9.17, 15) is 31.5 Å². The van der Waals surface area contributed by atoms with Gasteiger partial charge in [0.1, 0.15) is 11.6 Å². The summed E-state index contributed by atoms with van der Waals surface area (Å²) in [6.45, 7) is 1.98. The third kappa shape index (κ3) is 6.37. The van der Waals surface area contributed by atoms with Crippen molar-refractivity contribution >= 4 is 29.1 Å². The normalized spacial score (nSPS) is 17.2. The van der Waals surface area contributed by atoms with Crippen LogP contribution in [0.5, 0.6) is 5.75 Å². The SMILES string of the molecule is C[C@](C(=O)NC1CCOCC1)(c1cncc(F)c1)N(C(=O)C(F)Cl)c1ccc(OC(F)(F)F)cc1. The first-order chi connectivity index (χ1) is 16.4. The molecule has 1 aliphatic heterocycles. The first kappa shape index (κ1) is 26.6. The number of rotatable bonds is 7. The lowest BCUT2D eigenvalue weighted by molar-refractivity contribution is -0.274. The molecular weight excluding hydrogens is 501 g/mol. The van der Waals surface area contributed by atoms with Crippen molar-refractivity contribution in [2.45, 2.75) is 43.3 Å². The molecule has 7 nitrogen and oxygen atoms in total. The summed E-state index contributed by atoms with van der Waals surface area (Å²) in [5.74, 6) is -3.66. The maximum absolute atomic E-state index is 14.1. The second kappa shape index (κ2) is 10.7. The molecule has 2 amide bonds. The topological polar surface area (TPSA) is 80.8 Å². The second-order valence-corrected chi connectivity index (χ2v) is 8.22. The Balaban J connectivity index is 2.11. The summed E-state index contributed by atoms with van der Waals surface area (Å²) in [5, 5.41) is 2.76. The minimum Gasteiger partial charge on any atom is -0.406 e. The molecule has 1 fully saturated rings. The molecule has 1 aromatic carbocycles. The van der Waals surface area contributed by atoms with Crippen LogP contribution >= 0.6 is 11.6 Å². The van der Waals surface area contributed by atoms with Crippen molar-refractivity contribution < 1.29 is 41.0 Å². The lowest BCUT2D eigenvalue weighted by Gasteiger charge is -2.41. The predicted octanol–water partition coefficient (Wildman–Crippen LogP) is 4.20. The van der Waals surface area contributed by atoms with Gasteiger partial charge in [-0.2, -0.15) is 0 Å². The Labute approximate surface area is 202 Å². The van der Waals surface area contributed by atoms with Crippen LogP contribution in [0.1, 0.15) is 25.3 Å². The van der Waals surface area contributed by atoms with Gasteiger partial charge in [-0.1, -0.05) is 11.6 Å². The van der Waals surface area contributed by atoms with Gasteiger partial charge in [0.25, 0.3) is 17.4 Å². The van der Waals surface area contributed by atoms with E-state index >= 15 is 0 Å². The van der Waals surface area contributed by atoms with Crippen LogP contribution in [0, 0.1) is 5.82 Å². The van der Waals surface area contributed by atoms with Crippen LogP contribution in [0.2, 0.25) is 0 Å². The number of ether oxygens (including phenoxy) is 2. The number of halogens is 6. The van der Waals surface area contributed by atoms with Crippen LogP contribution in [0.25, 0.3) is 0 Å². The fraction of sp³-hybridized carbons (Fsp3) is 0.409. The summed E-state index contributed by atoms with van der Waals surface area (Å²) in [6, 6.07) is 4.39. The highest BCUT2D eigenvalue weighted by Crippen LogP contribution is 2.37. The van der Waals surface area contributed by atoms with E-state index in [1.807, 2.05) is 0 Å². The third-order valence-corrected chi connectivity index (χ3v) is 5.64. The largest absolute Gasteiger partial charge is 0.573 e. The maximum Gasteiger partial charge on any atom is 0.573 e. The van der Waals surface area contributed by atoms with Crippen molar-refractivity contribution in [1.29, 1.82) is 0 Å². The molecule has 2 aromatic rings. The van der Waals surface area contributed by atoms with Crippen LogP contribution in [0.15, 0.2) is 42.7 Å². The Bertz CT molecular complexity index is 1050. The summed E-state index contributed by atoms with van der Waals surface area (Å²) >= 11 is 5.44. The van der Waals surface area contributed by atoms with E-state index in [0.29, 0.717) is 31.0 Å². The number of nitrogens with zero attached hydrogens (tertiary/aromatic N) is 2. The third-order valence-electron chi connectivity index (χ3n) is 5.45. The average molecular weight is 522 g/mol. The van der Waals surface area contributed by atoms with Crippen LogP contribution in [0.3, 0.4) is 0 Å². The van der Waals surface area contributed by atoms with E-state index in [0.717, 1.165) is 42.7 Å². The Hall–Kier alpha value is -2.99. The van der Waals surface area contributed by atoms with E-state index in [4.69, 9.17) is 16.3 Å². The molecular formula is C22H21ClF5N3O4. The van der Waals surface area contributed by atoms with Gasteiger partial charge in [-0.15, -0.1) is 13.2 Å². The molecule has 1 unspecified atom stereocenters. The number of carbonyl (C=O) groups is 2. The number of carbonyl (C=O) groups excluding carboxylic acids is 2. The van der Waals surface area contributed by atoms with Crippen molar-refractivity contribution in [3.05, 3.63) is 54.1 Å². The minimum absolute atomic E-state index is 0.122. The van der Waals surface area contributed by atoms with Gasteiger partial charge in [0, 0.05) is 36.7 Å². The van der Waals surface area contributed by atoms with Gasteiger partial charge < -0.3 is 14.8 Å². The van der Waals surface area contributed by atoms with E-state index < -0.39 is 40.9 Å². The van der Waals surface area contributed by atoms with Crippen molar-refractivity contribution in [2.24, 2.45) is 0 Å². The number of benzene rings is 1. The molecule has 2 atom stereocenters. The molecule has 13 heteroatoms. The van der Waals surface area contributed by atoms with Crippen molar-refractivity contribution in [2.75, 3.05) is 18.1 Å². The average Bonchev–Trinajstić information content (AvgIpc) is 2.79. The number of pyridine rings is 1. The molecule has 35 heavy (non-hydrogen) atoms. The van der Waals surface area contributed by atoms with E-state index in [1.165, 1.54) is 6.92 Å². The van der Waals surface area contributed by atoms with Gasteiger partial charge in [-0.25, -0.2) is 8.78 Å². The first-order valence-corrected chi connectivity index (χ1v) is 10.8. The fourth-order valence-corrected chi connectivity index (χ4v) is 3.81. The molecule has 1 saturated heterocycles. The number of hydrogen-bond donors (Lipinski definition) is 1. The quantitative estimate of drug-likeness (QED) is 0.436. The molecule has 0 aliphatic carbocycles. The number of amides is 2. The number of anilines is 1. The number of hydrogen-bond acceptors (Lipinski definition) is 5. The zero-order chi connectivity index (χ0) is 25.8. The zero-order valence-corrected chi connectivity index (χ0v) is 19.1. The Morgan fingerprint density at radius 3 is 2.37 bits per heavy atom. The molecule has 0 radical (unpaired) electrons. The van der Waals surface area contributed by atoms with Crippen LogP contribution in [0.4, 0.5) is 27.6 Å². The molecule has 1 N–H and O–H groups in total. The monoisotopic (exact) mass is 521 g/mol. The summed E-state index contributed by atoms with van der Waals surface area (Å²) in [5.41, 5.74) is -5.04. The van der Waals surface area contributed by atoms with Gasteiger partial charge in [-0.3, -0.25) is 19.5 Å². The predicted molar refractivity (Wildman–Crippen MR) is 115 cm³/mol. The van der Waals surface area contributed by atoms with E-state index in [2.05, 4.69) is 15.0 Å². The highest BCUT2D eigenvalue weighted by Gasteiger charge is 2.47. The number of nitrogens with one attached hydrogen (secondary N) is 1. The molecule has 3 rings (SSSR count). The summed E-state index contributed by atoms with van der Waals surface area (Å²) < 4.78 is 75.0. The molecule has 0 bridgehead atoms. The number of alkyl halides is 5. The molecule has 1 aliphatic rings. The van der Waals surface area contributed by atoms with Gasteiger partial charge >= 0.3 is 6.36 Å². The van der Waals surface area contributed by atoms with Gasteiger partial charge in [0.2, 0.25) is 0 Å². The minimum atomic E-state index is -4.97. The van der Waals surface area contributed by atoms with E-state index in [1.54, 1.807) is 0 Å². The van der Waals surface area contributed by atoms with Crippen molar-refractivity contribution in [3.8, 4) is 5.75 Å². The standard InChI is InChI=1S/C22H21ClF5N3O4/c1-21(13-10-14(24)12-29-11-13,20(33)30-15-6-8-34-9-7-15)31(19(32)18(23)25)16-2-4-17(5-3-16)35-22(26,27)28/h2-5,10-12,15,18H,6-9H2,1H3,(H,30,33)/t18?,21-/m1/s1. The summed E-state index contributed by atoms with van der Waals surface area (Å²) in [4.78, 5) is 30.9. The molecule has 0 saturated carbocycles. The van der Waals surface area contributed by atoms with E-state index in [-0.39, 0.29) is 17.3 Å². The highest BCUT2D eigenvalue weighted by molar-refractivity contribution is 6.32. The summed E-state index contributed by atoms with van der Waals surface area (Å²) in [6.07, 6.45) is -2.06. The Kier molecular flexibility index (Phi) is 8.16. The lowest BCUT2D eigenvalue weighted by atomic mass is 9.88. The van der Waals surface area contributed by atoms with Crippen molar-refractivity contribution in [1.82, 2.24) is 10.3 Å². The Morgan fingerprint density at radius 2 is 1.83 bits per heavy atom. The van der Waals surface area contributed by atoms with Gasteiger partial charge in [0.15, 0.2) is 5.54 Å². The molecule has 190 valence electrons. The zero-order valence-electron chi connectivity index (χ0n) is 18.3. The van der Waals surface area contributed by atoms with Crippen LogP contribution < -0.4 is 15.0 Å². The Morgan fingerprint density at radius 1 is 1.20 bits per heavy atom. The van der Waals surface area contributed by atoms with Crippen LogP contribution in [-0.2, 0) is 19.9 Å². The maximum atomic E-state index is 14.1. The smallest absolute Gasteiger partial charge is 0.406 e. The molecule has 1 aromatic heterocycles. The van der Waals surface area contributed by atoms with Gasteiger partial charge in [-0.05, 0) is 50.1 Å². The van der Waals surface area contributed by atoms with Crippen molar-refractivity contribution in [3.63, 3.8) is 0 Å². The highest BCUT2D eigenvalue weighted by atomic mass is 35.5. The second-order valence-electron chi connectivity index (χ2n) is 7.84.